The molecule has 166 valence electrons. The molecule has 1 aliphatic carbocycles. The maximum Gasteiger partial charge on any atom is 0.185 e. The standard InChI is InChI=1S/C24H41NO4/c1-20(2,3)16-14-24(29-28-23(10,11)12,19(25-27-13)22(7,8)9)15-17(18(16)26)21(4,5)6/h14-15H,1-13H3/b25-19+. The minimum absolute atomic E-state index is 0.0330. The van der Waals surface area contributed by atoms with E-state index < -0.39 is 16.6 Å². The van der Waals surface area contributed by atoms with E-state index in [-0.39, 0.29) is 16.6 Å². The van der Waals surface area contributed by atoms with Crippen LogP contribution in [0.25, 0.3) is 0 Å². The Bertz CT molecular complexity index is 680. The summed E-state index contributed by atoms with van der Waals surface area (Å²) in [5.74, 6) is 0.0330. The smallest absolute Gasteiger partial charge is 0.185 e. The maximum atomic E-state index is 13.4. The second-order valence-electron chi connectivity index (χ2n) is 11.9. The van der Waals surface area contributed by atoms with Crippen LogP contribution in [-0.4, -0.2) is 29.8 Å². The molecule has 1 aliphatic rings. The number of nitrogens with zero attached hydrogens (tertiary/aromatic N) is 1. The van der Waals surface area contributed by atoms with Crippen molar-refractivity contribution in [1.82, 2.24) is 0 Å². The highest BCUT2D eigenvalue weighted by Gasteiger charge is 2.49. The Hall–Kier alpha value is -1.46. The summed E-state index contributed by atoms with van der Waals surface area (Å²) in [5.41, 5.74) is -0.894. The van der Waals surface area contributed by atoms with Gasteiger partial charge in [0.1, 0.15) is 12.8 Å². The van der Waals surface area contributed by atoms with Crippen LogP contribution in [0.5, 0.6) is 0 Å². The van der Waals surface area contributed by atoms with E-state index in [2.05, 4.69) is 5.16 Å². The molecule has 29 heavy (non-hydrogen) atoms. The number of carbonyl (C=O) groups is 1. The van der Waals surface area contributed by atoms with Crippen molar-refractivity contribution in [2.45, 2.75) is 94.3 Å². The lowest BCUT2D eigenvalue weighted by atomic mass is 9.66. The molecule has 0 bridgehead atoms. The molecule has 0 aliphatic heterocycles. The van der Waals surface area contributed by atoms with E-state index in [0.717, 1.165) is 0 Å². The van der Waals surface area contributed by atoms with E-state index in [1.54, 1.807) is 0 Å². The Balaban J connectivity index is 3.95. The molecule has 0 saturated carbocycles. The molecule has 0 aromatic rings. The van der Waals surface area contributed by atoms with Crippen LogP contribution in [0.1, 0.15) is 83.1 Å². The molecular weight excluding hydrogens is 366 g/mol. The number of rotatable bonds is 4. The Morgan fingerprint density at radius 3 is 1.52 bits per heavy atom. The molecule has 0 aromatic heterocycles. The van der Waals surface area contributed by atoms with Crippen LogP contribution < -0.4 is 0 Å². The van der Waals surface area contributed by atoms with Gasteiger partial charge in [0, 0.05) is 16.6 Å². The van der Waals surface area contributed by atoms with Gasteiger partial charge in [-0.25, -0.2) is 9.78 Å². The van der Waals surface area contributed by atoms with E-state index in [4.69, 9.17) is 14.6 Å². The van der Waals surface area contributed by atoms with Gasteiger partial charge in [0.15, 0.2) is 11.4 Å². The average Bonchev–Trinajstić information content (AvgIpc) is 2.48. The lowest BCUT2D eigenvalue weighted by molar-refractivity contribution is -0.371. The van der Waals surface area contributed by atoms with Crippen molar-refractivity contribution in [3.63, 3.8) is 0 Å². The van der Waals surface area contributed by atoms with E-state index in [1.165, 1.54) is 7.11 Å². The van der Waals surface area contributed by atoms with Crippen molar-refractivity contribution in [3.8, 4) is 0 Å². The lowest BCUT2D eigenvalue weighted by Gasteiger charge is -2.42. The number of hydrogen-bond acceptors (Lipinski definition) is 5. The summed E-state index contributed by atoms with van der Waals surface area (Å²) in [6.07, 6.45) is 3.72. The summed E-state index contributed by atoms with van der Waals surface area (Å²) in [6, 6.07) is 0. The van der Waals surface area contributed by atoms with E-state index in [1.807, 2.05) is 95.2 Å². The molecule has 0 unspecified atom stereocenters. The molecule has 0 fully saturated rings. The molecule has 5 heteroatoms. The molecule has 5 nitrogen and oxygen atoms in total. The zero-order chi connectivity index (χ0) is 23.1. The Kier molecular flexibility index (Phi) is 7.05. The van der Waals surface area contributed by atoms with Crippen LogP contribution in [0, 0.1) is 16.2 Å². The molecule has 0 saturated heterocycles. The SMILES string of the molecule is CO/N=C(\C(C)(C)C)C1(OOC(C)(C)C)C=C(C(C)(C)C)C(=O)C(C(C)(C)C)=C1. The van der Waals surface area contributed by atoms with Crippen molar-refractivity contribution in [3.05, 3.63) is 23.3 Å². The molecule has 0 N–H and O–H groups in total. The zero-order valence-corrected chi connectivity index (χ0v) is 20.7. The summed E-state index contributed by atoms with van der Waals surface area (Å²) < 4.78 is 0. The van der Waals surface area contributed by atoms with Gasteiger partial charge in [0.05, 0.1) is 5.60 Å². The number of hydrogen-bond donors (Lipinski definition) is 0. The molecule has 0 amide bonds. The van der Waals surface area contributed by atoms with Gasteiger partial charge in [0.25, 0.3) is 0 Å². The minimum Gasteiger partial charge on any atom is -0.399 e. The third kappa shape index (κ3) is 6.26. The van der Waals surface area contributed by atoms with Crippen LogP contribution in [0.15, 0.2) is 28.5 Å². The fourth-order valence-electron chi connectivity index (χ4n) is 3.16. The van der Waals surface area contributed by atoms with Crippen LogP contribution in [0.3, 0.4) is 0 Å². The van der Waals surface area contributed by atoms with Crippen LogP contribution in [-0.2, 0) is 19.4 Å². The number of ketones is 1. The van der Waals surface area contributed by atoms with Crippen molar-refractivity contribution in [2.75, 3.05) is 7.11 Å². The minimum atomic E-state index is -1.17. The van der Waals surface area contributed by atoms with E-state index in [9.17, 15) is 4.79 Å². The predicted molar refractivity (Wildman–Crippen MR) is 119 cm³/mol. The van der Waals surface area contributed by atoms with Crippen molar-refractivity contribution in [1.29, 1.82) is 0 Å². The Morgan fingerprint density at radius 2 is 1.24 bits per heavy atom. The summed E-state index contributed by atoms with van der Waals surface area (Å²) in [7, 11) is 1.51. The van der Waals surface area contributed by atoms with Gasteiger partial charge in [-0.1, -0.05) is 67.5 Å². The quantitative estimate of drug-likeness (QED) is 0.323. The molecule has 0 aromatic carbocycles. The highest BCUT2D eigenvalue weighted by atomic mass is 17.2. The van der Waals surface area contributed by atoms with Crippen LogP contribution in [0.4, 0.5) is 0 Å². The Morgan fingerprint density at radius 1 is 0.828 bits per heavy atom. The molecule has 0 heterocycles. The number of carbonyl (C=O) groups excluding carboxylic acids is 1. The number of Topliss-reactive ketones (excluding diaryl/α,β-unsaturated/α-hetero) is 1. The van der Waals surface area contributed by atoms with Gasteiger partial charge in [-0.3, -0.25) is 4.79 Å². The third-order valence-corrected chi connectivity index (χ3v) is 4.52. The predicted octanol–water partition coefficient (Wildman–Crippen LogP) is 6.05. The monoisotopic (exact) mass is 407 g/mol. The van der Waals surface area contributed by atoms with Gasteiger partial charge in [-0.15, -0.1) is 0 Å². The van der Waals surface area contributed by atoms with Gasteiger partial charge in [-0.05, 0) is 43.8 Å². The molecule has 0 spiro atoms. The van der Waals surface area contributed by atoms with E-state index in [0.29, 0.717) is 16.9 Å². The Labute approximate surface area is 177 Å². The number of oxime groups is 1. The second-order valence-corrected chi connectivity index (χ2v) is 11.9. The van der Waals surface area contributed by atoms with E-state index >= 15 is 0 Å². The average molecular weight is 408 g/mol. The summed E-state index contributed by atoms with van der Waals surface area (Å²) in [6.45, 7) is 24.1. The first kappa shape index (κ1) is 25.6. The highest BCUT2D eigenvalue weighted by Crippen LogP contribution is 2.44. The summed E-state index contributed by atoms with van der Waals surface area (Å²) in [4.78, 5) is 30.6. The van der Waals surface area contributed by atoms with Crippen molar-refractivity contribution in [2.24, 2.45) is 21.4 Å². The van der Waals surface area contributed by atoms with Gasteiger partial charge in [-0.2, -0.15) is 0 Å². The lowest BCUT2D eigenvalue weighted by Crippen LogP contribution is -2.50. The molecular formula is C24H41NO4. The molecule has 0 atom stereocenters. The first-order valence-corrected chi connectivity index (χ1v) is 10.2. The summed E-state index contributed by atoms with van der Waals surface area (Å²) >= 11 is 0. The summed E-state index contributed by atoms with van der Waals surface area (Å²) in [5, 5.41) is 4.36. The second kappa shape index (κ2) is 7.99. The van der Waals surface area contributed by atoms with Crippen LogP contribution in [0.2, 0.25) is 0 Å². The van der Waals surface area contributed by atoms with Gasteiger partial charge in [0.2, 0.25) is 0 Å². The topological polar surface area (TPSA) is 57.1 Å². The normalized spacial score (nSPS) is 19.1. The fraction of sp³-hybridized carbons (Fsp3) is 0.750. The van der Waals surface area contributed by atoms with Crippen molar-refractivity contribution < 1.29 is 19.4 Å². The maximum absolute atomic E-state index is 13.4. The third-order valence-electron chi connectivity index (χ3n) is 4.52. The van der Waals surface area contributed by atoms with Gasteiger partial charge >= 0.3 is 0 Å². The zero-order valence-electron chi connectivity index (χ0n) is 20.7. The fourth-order valence-corrected chi connectivity index (χ4v) is 3.16. The van der Waals surface area contributed by atoms with Crippen LogP contribution >= 0.6 is 0 Å². The largest absolute Gasteiger partial charge is 0.399 e. The number of allylic oxidation sites excluding steroid dienone is 2. The first-order chi connectivity index (χ1) is 12.7. The highest BCUT2D eigenvalue weighted by molar-refractivity contribution is 6.14. The first-order valence-electron chi connectivity index (χ1n) is 10.2. The molecule has 0 radical (unpaired) electrons. The van der Waals surface area contributed by atoms with Crippen molar-refractivity contribution >= 4 is 11.5 Å². The van der Waals surface area contributed by atoms with Gasteiger partial charge < -0.3 is 4.84 Å². The molecule has 1 rings (SSSR count).